The van der Waals surface area contributed by atoms with Crippen LogP contribution in [0.2, 0.25) is 5.02 Å². The van der Waals surface area contributed by atoms with Gasteiger partial charge in [0, 0.05) is 11.1 Å². The van der Waals surface area contributed by atoms with Crippen molar-refractivity contribution in [3.8, 4) is 0 Å². The summed E-state index contributed by atoms with van der Waals surface area (Å²) in [4.78, 5) is 32.7. The van der Waals surface area contributed by atoms with Gasteiger partial charge >= 0.3 is 0 Å². The van der Waals surface area contributed by atoms with Crippen molar-refractivity contribution in [1.29, 1.82) is 0 Å². The summed E-state index contributed by atoms with van der Waals surface area (Å²) in [6, 6.07) is 12.7. The number of imidazole rings is 1. The van der Waals surface area contributed by atoms with E-state index < -0.39 is 0 Å². The lowest BCUT2D eigenvalue weighted by atomic mass is 10.1. The van der Waals surface area contributed by atoms with Gasteiger partial charge in [-0.1, -0.05) is 48.3 Å². The fourth-order valence-corrected chi connectivity index (χ4v) is 4.33. The van der Waals surface area contributed by atoms with Crippen LogP contribution in [0.3, 0.4) is 0 Å². The molecule has 3 N–H and O–H groups in total. The van der Waals surface area contributed by atoms with Gasteiger partial charge in [0.15, 0.2) is 5.16 Å². The molecule has 0 atom stereocenters. The summed E-state index contributed by atoms with van der Waals surface area (Å²) in [6.07, 6.45) is 4.32. The van der Waals surface area contributed by atoms with Crippen molar-refractivity contribution in [2.24, 2.45) is 0 Å². The molecule has 1 heterocycles. The monoisotopic (exact) mass is 428 g/mol. The predicted molar refractivity (Wildman–Crippen MR) is 117 cm³/mol. The lowest BCUT2D eigenvalue weighted by Gasteiger charge is -2.14. The largest absolute Gasteiger partial charge is 0.349 e. The first-order valence-corrected chi connectivity index (χ1v) is 10.9. The van der Waals surface area contributed by atoms with Crippen LogP contribution in [-0.2, 0) is 4.79 Å². The van der Waals surface area contributed by atoms with E-state index in [0.717, 1.165) is 36.7 Å². The molecule has 1 saturated carbocycles. The number of benzene rings is 2. The number of hydrogen-bond acceptors (Lipinski definition) is 4. The van der Waals surface area contributed by atoms with E-state index in [1.54, 1.807) is 36.4 Å². The number of halogens is 1. The molecular weight excluding hydrogens is 408 g/mol. The fraction of sp³-hybridized carbons (Fsp3) is 0.286. The highest BCUT2D eigenvalue weighted by Crippen LogP contribution is 2.23. The van der Waals surface area contributed by atoms with Crippen molar-refractivity contribution < 1.29 is 9.59 Å². The van der Waals surface area contributed by atoms with E-state index in [1.807, 2.05) is 6.07 Å². The Morgan fingerprint density at radius 1 is 1.17 bits per heavy atom. The Hall–Kier alpha value is -2.51. The molecule has 2 amide bonds. The van der Waals surface area contributed by atoms with Crippen LogP contribution in [0.1, 0.15) is 36.0 Å². The Bertz CT molecular complexity index is 1050. The maximum absolute atomic E-state index is 12.6. The Morgan fingerprint density at radius 2 is 1.97 bits per heavy atom. The molecule has 29 heavy (non-hydrogen) atoms. The maximum Gasteiger partial charge on any atom is 0.253 e. The smallest absolute Gasteiger partial charge is 0.253 e. The molecule has 0 radical (unpaired) electrons. The molecule has 0 unspecified atom stereocenters. The molecule has 0 saturated heterocycles. The summed E-state index contributed by atoms with van der Waals surface area (Å²) < 4.78 is 0. The number of para-hydroxylation sites is 1. The number of carbonyl (C=O) groups excluding carboxylic acids is 2. The zero-order valence-electron chi connectivity index (χ0n) is 15.7. The van der Waals surface area contributed by atoms with Gasteiger partial charge < -0.3 is 15.6 Å². The normalized spacial score (nSPS) is 14.2. The minimum absolute atomic E-state index is 0.144. The first-order chi connectivity index (χ1) is 14.1. The number of nitrogens with zero attached hydrogens (tertiary/aromatic N) is 1. The Labute approximate surface area is 177 Å². The second kappa shape index (κ2) is 8.88. The highest BCUT2D eigenvalue weighted by Gasteiger charge is 2.20. The zero-order valence-corrected chi connectivity index (χ0v) is 17.3. The topological polar surface area (TPSA) is 86.9 Å². The van der Waals surface area contributed by atoms with E-state index in [9.17, 15) is 9.59 Å². The molecule has 3 aromatic rings. The molecule has 0 aliphatic heterocycles. The number of thioether (sulfide) groups is 1. The van der Waals surface area contributed by atoms with Crippen LogP contribution in [-0.4, -0.2) is 33.6 Å². The van der Waals surface area contributed by atoms with Crippen molar-refractivity contribution >= 4 is 51.9 Å². The molecule has 1 aliphatic rings. The number of aromatic nitrogens is 2. The van der Waals surface area contributed by atoms with Gasteiger partial charge in [0.1, 0.15) is 0 Å². The molecule has 0 spiro atoms. The number of fused-ring (bicyclic) bond motifs is 1. The van der Waals surface area contributed by atoms with Crippen LogP contribution >= 0.6 is 23.4 Å². The third kappa shape index (κ3) is 4.92. The Kier molecular flexibility index (Phi) is 6.06. The third-order valence-corrected chi connectivity index (χ3v) is 6.01. The van der Waals surface area contributed by atoms with Gasteiger partial charge in [0.25, 0.3) is 5.91 Å². The molecule has 6 nitrogen and oxygen atoms in total. The van der Waals surface area contributed by atoms with Crippen molar-refractivity contribution in [3.05, 3.63) is 53.1 Å². The number of hydrogen-bond donors (Lipinski definition) is 3. The highest BCUT2D eigenvalue weighted by molar-refractivity contribution is 7.99. The molecule has 1 fully saturated rings. The van der Waals surface area contributed by atoms with Crippen molar-refractivity contribution in [1.82, 2.24) is 15.3 Å². The molecule has 2 aromatic carbocycles. The molecule has 150 valence electrons. The Balaban J connectivity index is 1.38. The van der Waals surface area contributed by atoms with Crippen LogP contribution in [0, 0.1) is 0 Å². The minimum atomic E-state index is -0.199. The second-order valence-electron chi connectivity index (χ2n) is 7.04. The molecule has 0 bridgehead atoms. The van der Waals surface area contributed by atoms with Crippen LogP contribution in [0.5, 0.6) is 0 Å². The highest BCUT2D eigenvalue weighted by atomic mass is 35.5. The van der Waals surface area contributed by atoms with Gasteiger partial charge in [-0.15, -0.1) is 0 Å². The van der Waals surface area contributed by atoms with Gasteiger partial charge in [-0.2, -0.15) is 0 Å². The van der Waals surface area contributed by atoms with E-state index >= 15 is 0 Å². The number of rotatable bonds is 6. The van der Waals surface area contributed by atoms with Gasteiger partial charge in [-0.3, -0.25) is 9.59 Å². The Morgan fingerprint density at radius 3 is 2.79 bits per heavy atom. The molecular formula is C21H21ClN4O2S. The second-order valence-corrected chi connectivity index (χ2v) is 8.44. The quantitative estimate of drug-likeness (QED) is 0.500. The SMILES string of the molecule is O=C(CSc1nc2ccc(Cl)cc2[nH]1)Nc1ccccc1C(=O)NC1CCCC1. The zero-order chi connectivity index (χ0) is 20.2. The van der Waals surface area contributed by atoms with E-state index in [1.165, 1.54) is 11.8 Å². The number of anilines is 1. The van der Waals surface area contributed by atoms with E-state index in [-0.39, 0.29) is 23.6 Å². The average molecular weight is 429 g/mol. The number of H-pyrrole nitrogens is 1. The number of amides is 2. The predicted octanol–water partition coefficient (Wildman–Crippen LogP) is 4.62. The van der Waals surface area contributed by atoms with E-state index in [2.05, 4.69) is 20.6 Å². The van der Waals surface area contributed by atoms with Crippen molar-refractivity contribution in [3.63, 3.8) is 0 Å². The lowest BCUT2D eigenvalue weighted by Crippen LogP contribution is -2.33. The van der Waals surface area contributed by atoms with E-state index in [4.69, 9.17) is 11.6 Å². The molecule has 1 aliphatic carbocycles. The van der Waals surface area contributed by atoms with E-state index in [0.29, 0.717) is 21.4 Å². The summed E-state index contributed by atoms with van der Waals surface area (Å²) >= 11 is 7.29. The molecule has 8 heteroatoms. The number of aromatic amines is 1. The van der Waals surface area contributed by atoms with Crippen molar-refractivity contribution in [2.45, 2.75) is 36.9 Å². The third-order valence-electron chi connectivity index (χ3n) is 4.90. The summed E-state index contributed by atoms with van der Waals surface area (Å²) in [5, 5.41) is 7.18. The average Bonchev–Trinajstić information content (AvgIpc) is 3.35. The van der Waals surface area contributed by atoms with Crippen LogP contribution in [0.15, 0.2) is 47.6 Å². The summed E-state index contributed by atoms with van der Waals surface area (Å²) in [5.41, 5.74) is 2.63. The first kappa shape index (κ1) is 19.8. The standard InChI is InChI=1S/C21H21ClN4O2S/c22-13-9-10-17-18(11-13)26-21(25-17)29-12-19(27)24-16-8-4-3-7-15(16)20(28)23-14-5-1-2-6-14/h3-4,7-11,14H,1-2,5-6,12H2,(H,23,28)(H,24,27)(H,25,26). The summed E-state index contributed by atoms with van der Waals surface area (Å²) in [6.45, 7) is 0. The van der Waals surface area contributed by atoms with Gasteiger partial charge in [-0.25, -0.2) is 4.98 Å². The lowest BCUT2D eigenvalue weighted by molar-refractivity contribution is -0.113. The minimum Gasteiger partial charge on any atom is -0.349 e. The first-order valence-electron chi connectivity index (χ1n) is 9.56. The van der Waals surface area contributed by atoms with Gasteiger partial charge in [0.2, 0.25) is 5.91 Å². The van der Waals surface area contributed by atoms with Gasteiger partial charge in [-0.05, 0) is 43.2 Å². The van der Waals surface area contributed by atoms with Crippen LogP contribution < -0.4 is 10.6 Å². The van der Waals surface area contributed by atoms with Gasteiger partial charge in [0.05, 0.1) is 28.0 Å². The van der Waals surface area contributed by atoms with Crippen LogP contribution in [0.4, 0.5) is 5.69 Å². The fourth-order valence-electron chi connectivity index (χ4n) is 3.47. The molecule has 4 rings (SSSR count). The van der Waals surface area contributed by atoms with Crippen LogP contribution in [0.25, 0.3) is 11.0 Å². The summed E-state index contributed by atoms with van der Waals surface area (Å²) in [7, 11) is 0. The maximum atomic E-state index is 12.6. The molecule has 1 aromatic heterocycles. The number of nitrogens with one attached hydrogen (secondary N) is 3. The van der Waals surface area contributed by atoms with Crippen molar-refractivity contribution in [2.75, 3.05) is 11.1 Å². The summed E-state index contributed by atoms with van der Waals surface area (Å²) in [5.74, 6) is -0.171. The number of carbonyl (C=O) groups is 2.